The third-order valence-corrected chi connectivity index (χ3v) is 1.74. The molecule has 3 heteroatoms. The van der Waals surface area contributed by atoms with Gasteiger partial charge in [-0.15, -0.1) is 0 Å². The Hall–Kier alpha value is -2.08. The van der Waals surface area contributed by atoms with Crippen LogP contribution in [0.4, 0.5) is 0 Å². The van der Waals surface area contributed by atoms with E-state index in [0.717, 1.165) is 0 Å². The summed E-state index contributed by atoms with van der Waals surface area (Å²) in [5, 5.41) is 8.35. The van der Waals surface area contributed by atoms with Crippen LogP contribution in [0.5, 0.6) is 0 Å². The third kappa shape index (κ3) is 6.39. The zero-order valence-corrected chi connectivity index (χ0v) is 9.94. The molecule has 1 rings (SSSR count). The van der Waals surface area contributed by atoms with Crippen molar-refractivity contribution in [3.05, 3.63) is 47.2 Å². The molecule has 84 valence electrons. The summed E-state index contributed by atoms with van der Waals surface area (Å²) in [5.74, 6) is 0. The number of aryl methyl sites for hydroxylation is 1. The molecule has 0 aliphatic heterocycles. The monoisotopic (exact) mass is 215 g/mol. The fourth-order valence-corrected chi connectivity index (χ4v) is 0.882. The summed E-state index contributed by atoms with van der Waals surface area (Å²) in [6.45, 7) is 3.75. The van der Waals surface area contributed by atoms with E-state index in [1.165, 1.54) is 11.8 Å². The number of nitrogens with two attached hydrogens (primary N) is 1. The molecule has 1 aromatic rings. The molecule has 0 spiro atoms. The highest BCUT2D eigenvalue weighted by Gasteiger charge is 1.90. The molecule has 0 aromatic heterocycles. The third-order valence-electron chi connectivity index (χ3n) is 1.74. The van der Waals surface area contributed by atoms with Gasteiger partial charge < -0.3 is 5.73 Å². The van der Waals surface area contributed by atoms with Crippen LogP contribution < -0.4 is 5.73 Å². The van der Waals surface area contributed by atoms with Gasteiger partial charge >= 0.3 is 0 Å². The van der Waals surface area contributed by atoms with E-state index < -0.39 is 0 Å². The van der Waals surface area contributed by atoms with E-state index >= 15 is 0 Å². The van der Waals surface area contributed by atoms with Gasteiger partial charge in [0.2, 0.25) is 0 Å². The molecule has 0 saturated heterocycles. The van der Waals surface area contributed by atoms with Gasteiger partial charge in [0.05, 0.1) is 5.57 Å². The lowest BCUT2D eigenvalue weighted by molar-refractivity contribution is 1.29. The molecule has 0 bridgehead atoms. The molecular weight excluding hydrogens is 198 g/mol. The first kappa shape index (κ1) is 13.9. The van der Waals surface area contributed by atoms with Gasteiger partial charge in [-0.3, -0.25) is 4.99 Å². The standard InChI is InChI=1S/C7H8.C6H9N3/c1-7-5-3-2-4-6-7;1-5(8)6(3-7)4-9-2/h2-6H,1H3;4H,8H2,1-2H3/b;6-5+,9-4?. The number of allylic oxidation sites excluding steroid dienone is 2. The lowest BCUT2D eigenvalue weighted by atomic mass is 10.2. The van der Waals surface area contributed by atoms with Crippen molar-refractivity contribution in [1.29, 1.82) is 5.26 Å². The second kappa shape index (κ2) is 8.25. The number of hydrogen-bond acceptors (Lipinski definition) is 3. The normalized spacial score (nSPS) is 11.1. The maximum atomic E-state index is 8.35. The predicted molar refractivity (Wildman–Crippen MR) is 68.1 cm³/mol. The van der Waals surface area contributed by atoms with Gasteiger partial charge in [-0.1, -0.05) is 35.9 Å². The summed E-state index contributed by atoms with van der Waals surface area (Å²) in [6.07, 6.45) is 1.44. The molecule has 0 heterocycles. The second-order valence-corrected chi connectivity index (χ2v) is 3.25. The highest BCUT2D eigenvalue weighted by molar-refractivity contribution is 5.84. The number of nitriles is 1. The van der Waals surface area contributed by atoms with Crippen LogP contribution in [0.25, 0.3) is 0 Å². The summed E-state index contributed by atoms with van der Waals surface area (Å²) < 4.78 is 0. The minimum atomic E-state index is 0.428. The van der Waals surface area contributed by atoms with Crippen molar-refractivity contribution < 1.29 is 0 Å². The van der Waals surface area contributed by atoms with Crippen molar-refractivity contribution in [3.63, 3.8) is 0 Å². The fraction of sp³-hybridized carbons (Fsp3) is 0.231. The Balaban J connectivity index is 0.000000288. The van der Waals surface area contributed by atoms with Gasteiger partial charge in [0.25, 0.3) is 0 Å². The van der Waals surface area contributed by atoms with E-state index in [1.807, 2.05) is 24.3 Å². The molecular formula is C13H17N3. The number of benzene rings is 1. The Morgan fingerprint density at radius 3 is 2.12 bits per heavy atom. The summed E-state index contributed by atoms with van der Waals surface area (Å²) >= 11 is 0. The van der Waals surface area contributed by atoms with E-state index in [-0.39, 0.29) is 0 Å². The number of hydrogen-bond donors (Lipinski definition) is 1. The Morgan fingerprint density at radius 2 is 1.94 bits per heavy atom. The molecule has 0 aliphatic rings. The van der Waals surface area contributed by atoms with Crippen molar-refractivity contribution in [2.75, 3.05) is 7.05 Å². The number of rotatable bonds is 1. The summed E-state index contributed by atoms with van der Waals surface area (Å²) in [4.78, 5) is 3.64. The first-order chi connectivity index (χ1) is 7.61. The van der Waals surface area contributed by atoms with E-state index in [1.54, 1.807) is 14.0 Å². The first-order valence-corrected chi connectivity index (χ1v) is 4.92. The molecule has 0 atom stereocenters. The van der Waals surface area contributed by atoms with Crippen molar-refractivity contribution in [3.8, 4) is 6.07 Å². The van der Waals surface area contributed by atoms with Crippen LogP contribution in [0, 0.1) is 18.3 Å². The van der Waals surface area contributed by atoms with E-state index in [0.29, 0.717) is 11.3 Å². The smallest absolute Gasteiger partial charge is 0.103 e. The average Bonchev–Trinajstić information content (AvgIpc) is 2.27. The number of nitrogens with zero attached hydrogens (tertiary/aromatic N) is 2. The summed E-state index contributed by atoms with van der Waals surface area (Å²) in [7, 11) is 1.60. The van der Waals surface area contributed by atoms with Gasteiger partial charge in [0, 0.05) is 19.0 Å². The minimum Gasteiger partial charge on any atom is -0.401 e. The molecule has 0 fully saturated rings. The quantitative estimate of drug-likeness (QED) is 0.577. The Bertz CT molecular complexity index is 393. The van der Waals surface area contributed by atoms with Gasteiger partial charge in [-0.2, -0.15) is 5.26 Å². The SMILES string of the molecule is CN=C/C(C#N)=C(\C)N.Cc1ccccc1. The fourth-order valence-electron chi connectivity index (χ4n) is 0.882. The Labute approximate surface area is 96.9 Å². The minimum absolute atomic E-state index is 0.428. The van der Waals surface area contributed by atoms with Crippen LogP contribution in [0.1, 0.15) is 12.5 Å². The zero-order valence-electron chi connectivity index (χ0n) is 9.94. The van der Waals surface area contributed by atoms with Crippen molar-refractivity contribution in [2.45, 2.75) is 13.8 Å². The molecule has 0 aliphatic carbocycles. The number of aliphatic imine (C=N–C) groups is 1. The van der Waals surface area contributed by atoms with Crippen molar-refractivity contribution in [2.24, 2.45) is 10.7 Å². The first-order valence-electron chi connectivity index (χ1n) is 4.92. The Morgan fingerprint density at radius 1 is 1.38 bits per heavy atom. The van der Waals surface area contributed by atoms with Crippen LogP contribution in [0.15, 0.2) is 46.6 Å². The van der Waals surface area contributed by atoms with Crippen LogP contribution >= 0.6 is 0 Å². The van der Waals surface area contributed by atoms with Gasteiger partial charge in [-0.25, -0.2) is 0 Å². The molecule has 2 N–H and O–H groups in total. The van der Waals surface area contributed by atoms with E-state index in [9.17, 15) is 0 Å². The molecule has 0 unspecified atom stereocenters. The van der Waals surface area contributed by atoms with Gasteiger partial charge in [0.1, 0.15) is 6.07 Å². The maximum Gasteiger partial charge on any atom is 0.103 e. The summed E-state index contributed by atoms with van der Waals surface area (Å²) in [6, 6.07) is 12.2. The lowest BCUT2D eigenvalue weighted by Gasteiger charge is -1.88. The van der Waals surface area contributed by atoms with Gasteiger partial charge in [0.15, 0.2) is 0 Å². The Kier molecular flexibility index (Phi) is 7.17. The molecule has 0 radical (unpaired) electrons. The highest BCUT2D eigenvalue weighted by Crippen LogP contribution is 1.92. The molecule has 16 heavy (non-hydrogen) atoms. The van der Waals surface area contributed by atoms with Crippen LogP contribution in [-0.2, 0) is 0 Å². The molecule has 1 aromatic carbocycles. The predicted octanol–water partition coefficient (Wildman–Crippen LogP) is 2.44. The van der Waals surface area contributed by atoms with E-state index in [2.05, 4.69) is 24.0 Å². The van der Waals surface area contributed by atoms with Crippen LogP contribution in [-0.4, -0.2) is 13.3 Å². The largest absolute Gasteiger partial charge is 0.401 e. The average molecular weight is 215 g/mol. The molecule has 0 amide bonds. The highest BCUT2D eigenvalue weighted by atomic mass is 14.6. The lowest BCUT2D eigenvalue weighted by Crippen LogP contribution is -1.97. The maximum absolute atomic E-state index is 8.35. The molecule has 3 nitrogen and oxygen atoms in total. The second-order valence-electron chi connectivity index (χ2n) is 3.25. The topological polar surface area (TPSA) is 62.2 Å². The van der Waals surface area contributed by atoms with Crippen molar-refractivity contribution >= 4 is 6.21 Å². The van der Waals surface area contributed by atoms with Crippen LogP contribution in [0.3, 0.4) is 0 Å². The zero-order chi connectivity index (χ0) is 12.4. The van der Waals surface area contributed by atoms with Crippen LogP contribution in [0.2, 0.25) is 0 Å². The van der Waals surface area contributed by atoms with Crippen molar-refractivity contribution in [1.82, 2.24) is 0 Å². The van der Waals surface area contributed by atoms with Gasteiger partial charge in [-0.05, 0) is 13.8 Å². The summed E-state index contributed by atoms with van der Waals surface area (Å²) in [5.41, 5.74) is 7.55. The van der Waals surface area contributed by atoms with E-state index in [4.69, 9.17) is 11.0 Å². The molecule has 0 saturated carbocycles.